The maximum Gasteiger partial charge on any atom is 0.323 e. The number of anilines is 3. The van der Waals surface area contributed by atoms with Crippen LogP contribution in [0.15, 0.2) is 79.9 Å². The molecule has 1 fully saturated rings. The van der Waals surface area contributed by atoms with Gasteiger partial charge < -0.3 is 16.0 Å². The van der Waals surface area contributed by atoms with Gasteiger partial charge in [-0.25, -0.2) is 19.7 Å². The van der Waals surface area contributed by atoms with Crippen LogP contribution in [0, 0.1) is 11.3 Å². The zero-order chi connectivity index (χ0) is 31.7. The SMILES string of the molecule is Cn1cc(-c2ccc(N(C(=O)NCc3ccccc3)[C@H]3CC[C@H](Nc4ncc(C#N)c(NCCn5cncn5)n4)CC3)nc2)cn1. The minimum atomic E-state index is -0.182. The van der Waals surface area contributed by atoms with Crippen LogP contribution in [-0.2, 0) is 20.1 Å². The van der Waals surface area contributed by atoms with Crippen molar-refractivity contribution < 1.29 is 4.79 Å². The first-order valence-electron chi connectivity index (χ1n) is 15.2. The van der Waals surface area contributed by atoms with Crippen LogP contribution in [0.1, 0.15) is 36.8 Å². The van der Waals surface area contributed by atoms with E-state index in [1.807, 2.05) is 55.7 Å². The quantitative estimate of drug-likeness (QED) is 0.197. The molecular weight excluding hydrogens is 582 g/mol. The average Bonchev–Trinajstić information content (AvgIpc) is 3.78. The van der Waals surface area contributed by atoms with Crippen molar-refractivity contribution in [3.8, 4) is 17.2 Å². The lowest BCUT2D eigenvalue weighted by atomic mass is 9.90. The lowest BCUT2D eigenvalue weighted by Crippen LogP contribution is -2.49. The summed E-state index contributed by atoms with van der Waals surface area (Å²) in [4.78, 5) is 33.1. The summed E-state index contributed by atoms with van der Waals surface area (Å²) in [7, 11) is 1.88. The smallest absolute Gasteiger partial charge is 0.323 e. The van der Waals surface area contributed by atoms with E-state index in [-0.39, 0.29) is 18.1 Å². The van der Waals surface area contributed by atoms with Crippen LogP contribution >= 0.6 is 0 Å². The predicted molar refractivity (Wildman–Crippen MR) is 173 cm³/mol. The third-order valence-corrected chi connectivity index (χ3v) is 7.94. The maximum absolute atomic E-state index is 13.7. The van der Waals surface area contributed by atoms with Gasteiger partial charge in [0.25, 0.3) is 0 Å². The zero-order valence-electron chi connectivity index (χ0n) is 25.5. The second-order valence-corrected chi connectivity index (χ2v) is 11.1. The molecule has 14 heteroatoms. The number of carbonyl (C=O) groups excluding carboxylic acids is 1. The molecule has 0 unspecified atom stereocenters. The molecule has 5 aromatic rings. The van der Waals surface area contributed by atoms with E-state index in [1.165, 1.54) is 12.5 Å². The van der Waals surface area contributed by atoms with Crippen LogP contribution in [0.5, 0.6) is 0 Å². The van der Waals surface area contributed by atoms with Crippen LogP contribution < -0.4 is 20.9 Å². The molecule has 46 heavy (non-hydrogen) atoms. The number of pyridine rings is 1. The number of benzene rings is 1. The molecule has 2 amide bonds. The summed E-state index contributed by atoms with van der Waals surface area (Å²) < 4.78 is 3.45. The molecule has 1 aliphatic rings. The monoisotopic (exact) mass is 617 g/mol. The van der Waals surface area contributed by atoms with Gasteiger partial charge in [0, 0.05) is 55.7 Å². The molecule has 0 saturated heterocycles. The fourth-order valence-electron chi connectivity index (χ4n) is 5.55. The summed E-state index contributed by atoms with van der Waals surface area (Å²) in [5.74, 6) is 1.53. The van der Waals surface area contributed by atoms with Gasteiger partial charge in [0.2, 0.25) is 5.95 Å². The Morgan fingerprint density at radius 2 is 1.87 bits per heavy atom. The molecule has 234 valence electrons. The van der Waals surface area contributed by atoms with E-state index < -0.39 is 0 Å². The largest absolute Gasteiger partial charge is 0.367 e. The van der Waals surface area contributed by atoms with E-state index in [1.54, 1.807) is 33.0 Å². The van der Waals surface area contributed by atoms with Crippen LogP contribution in [-0.4, -0.2) is 64.2 Å². The first-order chi connectivity index (χ1) is 22.6. The summed E-state index contributed by atoms with van der Waals surface area (Å²) in [6, 6.07) is 15.8. The van der Waals surface area contributed by atoms with E-state index in [0.29, 0.717) is 42.8 Å². The van der Waals surface area contributed by atoms with E-state index in [9.17, 15) is 10.1 Å². The van der Waals surface area contributed by atoms with Crippen LogP contribution in [0.25, 0.3) is 11.1 Å². The van der Waals surface area contributed by atoms with Crippen molar-refractivity contribution in [2.24, 2.45) is 7.05 Å². The van der Waals surface area contributed by atoms with E-state index >= 15 is 0 Å². The maximum atomic E-state index is 13.7. The molecule has 1 aliphatic carbocycles. The van der Waals surface area contributed by atoms with Gasteiger partial charge in [-0.15, -0.1) is 0 Å². The molecule has 4 aromatic heterocycles. The number of rotatable bonds is 11. The van der Waals surface area contributed by atoms with Gasteiger partial charge in [0.05, 0.1) is 18.9 Å². The fraction of sp³-hybridized carbons (Fsp3) is 0.312. The molecule has 14 nitrogen and oxygen atoms in total. The molecule has 1 aromatic carbocycles. The van der Waals surface area contributed by atoms with Gasteiger partial charge in [-0.1, -0.05) is 30.3 Å². The van der Waals surface area contributed by atoms with Crippen molar-refractivity contribution in [2.75, 3.05) is 22.1 Å². The van der Waals surface area contributed by atoms with E-state index in [4.69, 9.17) is 4.98 Å². The number of amides is 2. The fourth-order valence-corrected chi connectivity index (χ4v) is 5.55. The number of nitrogens with zero attached hydrogens (tertiary/aromatic N) is 10. The molecule has 0 radical (unpaired) electrons. The Balaban J connectivity index is 1.11. The van der Waals surface area contributed by atoms with Crippen molar-refractivity contribution in [3.63, 3.8) is 0 Å². The van der Waals surface area contributed by atoms with Crippen molar-refractivity contribution in [1.82, 2.24) is 44.8 Å². The summed E-state index contributed by atoms with van der Waals surface area (Å²) in [6.07, 6.45) is 13.3. The second-order valence-electron chi connectivity index (χ2n) is 11.1. The number of carbonyl (C=O) groups is 1. The van der Waals surface area contributed by atoms with Crippen molar-refractivity contribution in [3.05, 3.63) is 91.0 Å². The Morgan fingerprint density at radius 1 is 1.02 bits per heavy atom. The minimum absolute atomic E-state index is 0.0403. The number of aromatic nitrogens is 8. The number of hydrogen-bond acceptors (Lipinski definition) is 10. The van der Waals surface area contributed by atoms with Crippen LogP contribution in [0.4, 0.5) is 22.4 Å². The van der Waals surface area contributed by atoms with Gasteiger partial charge in [-0.3, -0.25) is 14.3 Å². The van der Waals surface area contributed by atoms with Gasteiger partial charge in [0.15, 0.2) is 0 Å². The van der Waals surface area contributed by atoms with Gasteiger partial charge >= 0.3 is 6.03 Å². The highest BCUT2D eigenvalue weighted by Crippen LogP contribution is 2.29. The zero-order valence-corrected chi connectivity index (χ0v) is 25.5. The topological polar surface area (TPSA) is 167 Å². The molecular formula is C32H35N13O. The highest BCUT2D eigenvalue weighted by Gasteiger charge is 2.31. The van der Waals surface area contributed by atoms with Crippen molar-refractivity contribution >= 4 is 23.6 Å². The number of nitriles is 1. The van der Waals surface area contributed by atoms with Gasteiger partial charge in [-0.2, -0.15) is 20.4 Å². The third kappa shape index (κ3) is 7.44. The number of hydrogen-bond donors (Lipinski definition) is 3. The summed E-state index contributed by atoms with van der Waals surface area (Å²) >= 11 is 0. The highest BCUT2D eigenvalue weighted by atomic mass is 16.2. The molecule has 0 aliphatic heterocycles. The molecule has 0 atom stereocenters. The number of aryl methyl sites for hydroxylation is 1. The van der Waals surface area contributed by atoms with E-state index in [2.05, 4.69) is 47.2 Å². The van der Waals surface area contributed by atoms with Crippen molar-refractivity contribution in [1.29, 1.82) is 5.26 Å². The normalized spacial score (nSPS) is 15.9. The average molecular weight is 618 g/mol. The van der Waals surface area contributed by atoms with Crippen LogP contribution in [0.2, 0.25) is 0 Å². The Morgan fingerprint density at radius 3 is 2.57 bits per heavy atom. The molecule has 1 saturated carbocycles. The van der Waals surface area contributed by atoms with Crippen LogP contribution in [0.3, 0.4) is 0 Å². The third-order valence-electron chi connectivity index (χ3n) is 7.94. The first-order valence-corrected chi connectivity index (χ1v) is 15.2. The Labute approximate surface area is 266 Å². The number of urea groups is 1. The Kier molecular flexibility index (Phi) is 9.38. The lowest BCUT2D eigenvalue weighted by molar-refractivity contribution is 0.240. The standard InChI is InChI=1S/C32H35N13O/c1-43-20-26(19-39-43)24-7-12-29(36-17-24)45(32(46)38-16-23-5-3-2-4-6-23)28-10-8-27(9-11-28)41-31-37-18-25(15-33)30(42-31)35-13-14-44-22-34-21-40-44/h2-7,12,17-22,27-28H,8-11,13-14,16H2,1H3,(H,38,46)(H2,35,37,41,42)/t27-,28-. The summed E-state index contributed by atoms with van der Waals surface area (Å²) in [5, 5.41) is 27.6. The first kappa shape index (κ1) is 30.2. The predicted octanol–water partition coefficient (Wildman–Crippen LogP) is 3.99. The van der Waals surface area contributed by atoms with Gasteiger partial charge in [0.1, 0.15) is 35.9 Å². The number of nitrogens with one attached hydrogen (secondary N) is 3. The highest BCUT2D eigenvalue weighted by molar-refractivity contribution is 5.91. The van der Waals surface area contributed by atoms with Crippen molar-refractivity contribution in [2.45, 2.75) is 50.9 Å². The Bertz CT molecular complexity index is 1760. The van der Waals surface area contributed by atoms with E-state index in [0.717, 1.165) is 42.4 Å². The summed E-state index contributed by atoms with van der Waals surface area (Å²) in [6.45, 7) is 1.53. The molecule has 3 N–H and O–H groups in total. The van der Waals surface area contributed by atoms with Gasteiger partial charge in [-0.05, 0) is 43.4 Å². The molecule has 6 rings (SSSR count). The lowest BCUT2D eigenvalue weighted by Gasteiger charge is -2.36. The minimum Gasteiger partial charge on any atom is -0.367 e. The Hall–Kier alpha value is -5.84. The molecule has 0 spiro atoms. The summed E-state index contributed by atoms with van der Waals surface area (Å²) in [5.41, 5.74) is 3.29. The molecule has 0 bridgehead atoms. The second kappa shape index (κ2) is 14.3. The molecule has 4 heterocycles.